The van der Waals surface area contributed by atoms with Gasteiger partial charge in [-0.1, -0.05) is 13.0 Å². The summed E-state index contributed by atoms with van der Waals surface area (Å²) in [5.74, 6) is 5.33. The zero-order chi connectivity index (χ0) is 7.40. The van der Waals surface area contributed by atoms with E-state index in [2.05, 4.69) is 16.7 Å². The van der Waals surface area contributed by atoms with Gasteiger partial charge in [-0.05, 0) is 12.0 Å². The maximum Gasteiger partial charge on any atom is 0.237 e. The van der Waals surface area contributed by atoms with E-state index in [-0.39, 0.29) is 0 Å². The van der Waals surface area contributed by atoms with Crippen LogP contribution in [0, 0.1) is 0 Å². The van der Waals surface area contributed by atoms with Gasteiger partial charge in [0, 0.05) is 12.3 Å². The molecule has 3 heteroatoms. The van der Waals surface area contributed by atoms with Crippen LogP contribution in [-0.2, 0) is 6.42 Å². The fourth-order valence-corrected chi connectivity index (χ4v) is 0.690. The molecular weight excluding hydrogens is 128 g/mol. The van der Waals surface area contributed by atoms with E-state index >= 15 is 0 Å². The van der Waals surface area contributed by atoms with Gasteiger partial charge in [0.1, 0.15) is 0 Å². The Labute approximate surface area is 59.8 Å². The Hall–Kier alpha value is -1.09. The monoisotopic (exact) mass is 138 g/mol. The Morgan fingerprint density at radius 1 is 1.60 bits per heavy atom. The van der Waals surface area contributed by atoms with Crippen LogP contribution in [0.2, 0.25) is 0 Å². The molecule has 0 spiro atoms. The van der Waals surface area contributed by atoms with E-state index in [0.29, 0.717) is 5.88 Å². The van der Waals surface area contributed by atoms with Crippen LogP contribution >= 0.6 is 0 Å². The highest BCUT2D eigenvalue weighted by Gasteiger charge is 1.91. The summed E-state index contributed by atoms with van der Waals surface area (Å²) >= 11 is 0. The number of pyridine rings is 1. The molecule has 0 saturated carbocycles. The summed E-state index contributed by atoms with van der Waals surface area (Å²) in [6.45, 7) is 2.07. The number of nitrogens with two attached hydrogens (primary N) is 1. The maximum absolute atomic E-state index is 4.88. The first-order valence-electron chi connectivity index (χ1n) is 3.18. The van der Waals surface area contributed by atoms with Crippen molar-refractivity contribution in [2.75, 3.05) is 0 Å². The largest absolute Gasteiger partial charge is 0.391 e. The summed E-state index contributed by atoms with van der Waals surface area (Å²) in [6, 6.07) is 3.69. The van der Waals surface area contributed by atoms with Gasteiger partial charge in [0.25, 0.3) is 0 Å². The normalized spacial score (nSPS) is 9.40. The highest BCUT2D eigenvalue weighted by Crippen LogP contribution is 2.05. The quantitative estimate of drug-likeness (QED) is 0.617. The predicted octanol–water partition coefficient (Wildman–Crippen LogP) is 0.897. The van der Waals surface area contributed by atoms with E-state index in [0.717, 1.165) is 6.42 Å². The van der Waals surface area contributed by atoms with Gasteiger partial charge in [0.15, 0.2) is 0 Å². The zero-order valence-corrected chi connectivity index (χ0v) is 5.87. The Morgan fingerprint density at radius 3 is 2.80 bits per heavy atom. The molecule has 0 saturated heterocycles. The second-order valence-corrected chi connectivity index (χ2v) is 1.98. The summed E-state index contributed by atoms with van der Waals surface area (Å²) in [7, 11) is 0. The predicted molar refractivity (Wildman–Crippen MR) is 38.4 cm³/mol. The number of hydrogen-bond acceptors (Lipinski definition) is 3. The third kappa shape index (κ3) is 1.45. The molecular formula is C7H10N2O. The van der Waals surface area contributed by atoms with Gasteiger partial charge in [-0.25, -0.2) is 4.98 Å². The van der Waals surface area contributed by atoms with Crippen molar-refractivity contribution in [2.45, 2.75) is 13.3 Å². The van der Waals surface area contributed by atoms with E-state index in [1.165, 1.54) is 5.56 Å². The fourth-order valence-electron chi connectivity index (χ4n) is 0.690. The molecule has 0 aliphatic heterocycles. The van der Waals surface area contributed by atoms with Crippen LogP contribution in [0.5, 0.6) is 5.88 Å². The first-order chi connectivity index (χ1) is 4.86. The topological polar surface area (TPSA) is 48.1 Å². The van der Waals surface area contributed by atoms with E-state index in [1.54, 1.807) is 12.3 Å². The van der Waals surface area contributed by atoms with Crippen LogP contribution in [-0.4, -0.2) is 4.98 Å². The molecule has 10 heavy (non-hydrogen) atoms. The van der Waals surface area contributed by atoms with Crippen LogP contribution in [0.1, 0.15) is 12.5 Å². The minimum absolute atomic E-state index is 0.456. The summed E-state index contributed by atoms with van der Waals surface area (Å²) in [5, 5.41) is 0. The Bertz CT molecular complexity index is 172. The third-order valence-electron chi connectivity index (χ3n) is 1.33. The highest BCUT2D eigenvalue weighted by molar-refractivity contribution is 5.17. The molecule has 0 aliphatic rings. The molecule has 0 aliphatic carbocycles. The number of rotatable bonds is 2. The third-order valence-corrected chi connectivity index (χ3v) is 1.33. The van der Waals surface area contributed by atoms with Gasteiger partial charge >= 0.3 is 0 Å². The van der Waals surface area contributed by atoms with Gasteiger partial charge in [-0.2, -0.15) is 5.90 Å². The molecule has 2 N–H and O–H groups in total. The lowest BCUT2D eigenvalue weighted by Crippen LogP contribution is -2.03. The lowest BCUT2D eigenvalue weighted by atomic mass is 10.2. The van der Waals surface area contributed by atoms with Crippen LogP contribution in [0.4, 0.5) is 0 Å². The van der Waals surface area contributed by atoms with Gasteiger partial charge < -0.3 is 4.84 Å². The standard InChI is InChI=1S/C7H10N2O/c1-2-6-3-4-7(10-8)9-5-6/h3-5H,2,8H2,1H3. The van der Waals surface area contributed by atoms with Crippen molar-refractivity contribution in [3.63, 3.8) is 0 Å². The van der Waals surface area contributed by atoms with Crippen LogP contribution in [0.25, 0.3) is 0 Å². The SMILES string of the molecule is CCc1ccc(ON)nc1. The van der Waals surface area contributed by atoms with Crippen LogP contribution in [0.15, 0.2) is 18.3 Å². The number of nitrogens with zero attached hydrogens (tertiary/aromatic N) is 1. The molecule has 1 heterocycles. The van der Waals surface area contributed by atoms with Gasteiger partial charge in [-0.3, -0.25) is 0 Å². The Kier molecular flexibility index (Phi) is 2.23. The smallest absolute Gasteiger partial charge is 0.237 e. The van der Waals surface area contributed by atoms with Crippen LogP contribution < -0.4 is 10.7 Å². The minimum atomic E-state index is 0.456. The fraction of sp³-hybridized carbons (Fsp3) is 0.286. The molecule has 0 amide bonds. The zero-order valence-electron chi connectivity index (χ0n) is 5.87. The average Bonchev–Trinajstić information content (AvgIpc) is 2.05. The molecule has 0 fully saturated rings. The van der Waals surface area contributed by atoms with Crippen molar-refractivity contribution >= 4 is 0 Å². The van der Waals surface area contributed by atoms with Gasteiger partial charge in [0.2, 0.25) is 5.88 Å². The second-order valence-electron chi connectivity index (χ2n) is 1.98. The Balaban J connectivity index is 2.80. The molecule has 1 aromatic heterocycles. The molecule has 54 valence electrons. The number of aryl methyl sites for hydroxylation is 1. The average molecular weight is 138 g/mol. The van der Waals surface area contributed by atoms with Gasteiger partial charge in [-0.15, -0.1) is 0 Å². The lowest BCUT2D eigenvalue weighted by molar-refractivity contribution is 0.320. The maximum atomic E-state index is 4.88. The molecule has 0 radical (unpaired) electrons. The summed E-state index contributed by atoms with van der Waals surface area (Å²) < 4.78 is 0. The van der Waals surface area contributed by atoms with Gasteiger partial charge in [0.05, 0.1) is 0 Å². The van der Waals surface area contributed by atoms with Crippen molar-refractivity contribution in [3.05, 3.63) is 23.9 Å². The van der Waals surface area contributed by atoms with E-state index in [1.807, 2.05) is 6.07 Å². The van der Waals surface area contributed by atoms with Crippen molar-refractivity contribution in [2.24, 2.45) is 5.90 Å². The Morgan fingerprint density at radius 2 is 2.40 bits per heavy atom. The molecule has 0 aromatic carbocycles. The molecule has 0 bridgehead atoms. The number of aromatic nitrogens is 1. The molecule has 0 unspecified atom stereocenters. The summed E-state index contributed by atoms with van der Waals surface area (Å²) in [5.41, 5.74) is 1.18. The van der Waals surface area contributed by atoms with Crippen molar-refractivity contribution in [3.8, 4) is 5.88 Å². The molecule has 1 aromatic rings. The summed E-state index contributed by atoms with van der Waals surface area (Å²) in [4.78, 5) is 8.32. The van der Waals surface area contributed by atoms with E-state index in [9.17, 15) is 0 Å². The van der Waals surface area contributed by atoms with E-state index < -0.39 is 0 Å². The summed E-state index contributed by atoms with van der Waals surface area (Å²) in [6.07, 6.45) is 2.74. The van der Waals surface area contributed by atoms with Crippen molar-refractivity contribution in [1.29, 1.82) is 0 Å². The minimum Gasteiger partial charge on any atom is -0.391 e. The first-order valence-corrected chi connectivity index (χ1v) is 3.18. The molecule has 1 rings (SSSR count). The lowest BCUT2D eigenvalue weighted by Gasteiger charge is -1.97. The van der Waals surface area contributed by atoms with E-state index in [4.69, 9.17) is 5.90 Å². The molecule has 3 nitrogen and oxygen atoms in total. The highest BCUT2D eigenvalue weighted by atomic mass is 16.6. The van der Waals surface area contributed by atoms with Crippen molar-refractivity contribution < 1.29 is 4.84 Å². The second kappa shape index (κ2) is 3.17. The molecule has 0 atom stereocenters. The number of hydrogen-bond donors (Lipinski definition) is 1. The van der Waals surface area contributed by atoms with Crippen molar-refractivity contribution in [1.82, 2.24) is 4.98 Å². The first kappa shape index (κ1) is 7.02. The van der Waals surface area contributed by atoms with Crippen LogP contribution in [0.3, 0.4) is 0 Å².